The van der Waals surface area contributed by atoms with Gasteiger partial charge in [0.1, 0.15) is 11.2 Å². The molecule has 42 heavy (non-hydrogen) atoms. The summed E-state index contributed by atoms with van der Waals surface area (Å²) in [4.78, 5) is 15.5. The molecule has 0 saturated heterocycles. The largest absolute Gasteiger partial charge is 0.456 e. The summed E-state index contributed by atoms with van der Waals surface area (Å²) in [6, 6.07) is 43.8. The first-order valence-electron chi connectivity index (χ1n) is 13.9. The highest BCUT2D eigenvalue weighted by Crippen LogP contribution is 2.44. The van der Waals surface area contributed by atoms with E-state index in [1.54, 1.807) is 0 Å². The molecule has 0 radical (unpaired) electrons. The summed E-state index contributed by atoms with van der Waals surface area (Å²) >= 11 is 1.81. The molecule has 196 valence electrons. The maximum Gasteiger partial charge on any atom is 0.165 e. The van der Waals surface area contributed by atoms with E-state index in [9.17, 15) is 0 Å². The average molecular weight is 556 g/mol. The summed E-state index contributed by atoms with van der Waals surface area (Å²) in [5.74, 6) is 1.92. The third-order valence-electron chi connectivity index (χ3n) is 7.92. The number of fused-ring (bicyclic) bond motifs is 7. The van der Waals surface area contributed by atoms with Crippen LogP contribution in [0.5, 0.6) is 0 Å². The van der Waals surface area contributed by atoms with E-state index in [0.29, 0.717) is 17.5 Å². The van der Waals surface area contributed by atoms with Crippen molar-refractivity contribution in [2.45, 2.75) is 0 Å². The fourth-order valence-corrected chi connectivity index (χ4v) is 7.23. The Bertz CT molecular complexity index is 2480. The number of hydrogen-bond donors (Lipinski definition) is 0. The summed E-state index contributed by atoms with van der Waals surface area (Å²) in [6.07, 6.45) is 0. The summed E-state index contributed by atoms with van der Waals surface area (Å²) in [7, 11) is 0. The van der Waals surface area contributed by atoms with Gasteiger partial charge >= 0.3 is 0 Å². The minimum Gasteiger partial charge on any atom is -0.456 e. The molecule has 5 heteroatoms. The number of thiophene rings is 1. The molecule has 3 aromatic heterocycles. The Morgan fingerprint density at radius 3 is 2.07 bits per heavy atom. The van der Waals surface area contributed by atoms with Gasteiger partial charge in [0.2, 0.25) is 0 Å². The van der Waals surface area contributed by atoms with Crippen LogP contribution in [0, 0.1) is 0 Å². The smallest absolute Gasteiger partial charge is 0.165 e. The molecule has 0 fully saturated rings. The molecule has 4 nitrogen and oxygen atoms in total. The lowest BCUT2D eigenvalue weighted by Crippen LogP contribution is -2.01. The normalized spacial score (nSPS) is 11.8. The van der Waals surface area contributed by atoms with Gasteiger partial charge in [0.05, 0.1) is 0 Å². The molecule has 0 aliphatic heterocycles. The van der Waals surface area contributed by atoms with Gasteiger partial charge in [-0.05, 0) is 35.0 Å². The first kappa shape index (κ1) is 23.3. The monoisotopic (exact) mass is 555 g/mol. The van der Waals surface area contributed by atoms with Gasteiger partial charge in [0.25, 0.3) is 0 Å². The van der Waals surface area contributed by atoms with E-state index in [0.717, 1.165) is 49.4 Å². The van der Waals surface area contributed by atoms with E-state index < -0.39 is 0 Å². The Labute approximate surface area is 244 Å². The number of benzene rings is 6. The van der Waals surface area contributed by atoms with Crippen molar-refractivity contribution in [3.63, 3.8) is 0 Å². The second-order valence-corrected chi connectivity index (χ2v) is 11.5. The molecule has 0 saturated carbocycles. The van der Waals surface area contributed by atoms with Crippen molar-refractivity contribution >= 4 is 64.2 Å². The second kappa shape index (κ2) is 9.06. The van der Waals surface area contributed by atoms with Gasteiger partial charge in [0, 0.05) is 47.6 Å². The topological polar surface area (TPSA) is 51.8 Å². The van der Waals surface area contributed by atoms with Crippen molar-refractivity contribution in [1.29, 1.82) is 0 Å². The van der Waals surface area contributed by atoms with Gasteiger partial charge in [0.15, 0.2) is 17.5 Å². The van der Waals surface area contributed by atoms with Crippen molar-refractivity contribution in [3.05, 3.63) is 127 Å². The highest BCUT2D eigenvalue weighted by molar-refractivity contribution is 7.26. The molecule has 0 aliphatic carbocycles. The number of nitrogens with zero attached hydrogens (tertiary/aromatic N) is 3. The van der Waals surface area contributed by atoms with Gasteiger partial charge < -0.3 is 4.42 Å². The number of para-hydroxylation sites is 1. The first-order chi connectivity index (χ1) is 20.8. The Morgan fingerprint density at radius 1 is 0.476 bits per heavy atom. The van der Waals surface area contributed by atoms with E-state index >= 15 is 0 Å². The molecule has 0 unspecified atom stereocenters. The van der Waals surface area contributed by atoms with Crippen molar-refractivity contribution in [2.24, 2.45) is 0 Å². The highest BCUT2D eigenvalue weighted by Gasteiger charge is 2.21. The van der Waals surface area contributed by atoms with Crippen LogP contribution in [0.15, 0.2) is 132 Å². The standard InChI is InChI=1S/C37H21N3OS/c1-2-11-22(12-3-1)35-38-36(27-17-10-19-29-32(27)25-15-6-8-18-28(25)41-29)40-37(39-35)34-24-14-5-4-13-23(24)21-31-33(34)26-16-7-9-20-30(26)42-31/h1-21H. The van der Waals surface area contributed by atoms with E-state index in [1.807, 2.05) is 59.9 Å². The molecule has 0 N–H and O–H groups in total. The van der Waals surface area contributed by atoms with E-state index in [2.05, 4.69) is 78.9 Å². The van der Waals surface area contributed by atoms with Gasteiger partial charge in [-0.15, -0.1) is 11.3 Å². The van der Waals surface area contributed by atoms with Crippen molar-refractivity contribution < 1.29 is 4.42 Å². The van der Waals surface area contributed by atoms with Gasteiger partial charge in [-0.1, -0.05) is 103 Å². The molecule has 0 atom stereocenters. The van der Waals surface area contributed by atoms with Crippen LogP contribution in [0.4, 0.5) is 0 Å². The van der Waals surface area contributed by atoms with Gasteiger partial charge in [-0.25, -0.2) is 15.0 Å². The van der Waals surface area contributed by atoms with Crippen LogP contribution in [0.3, 0.4) is 0 Å². The zero-order valence-electron chi connectivity index (χ0n) is 22.3. The van der Waals surface area contributed by atoms with Crippen LogP contribution in [-0.4, -0.2) is 15.0 Å². The number of aromatic nitrogens is 3. The third kappa shape index (κ3) is 3.51. The molecule has 0 bridgehead atoms. The van der Waals surface area contributed by atoms with E-state index in [4.69, 9.17) is 19.4 Å². The minimum absolute atomic E-state index is 0.622. The first-order valence-corrected chi connectivity index (χ1v) is 14.7. The molecule has 0 amide bonds. The number of furan rings is 1. The maximum absolute atomic E-state index is 6.23. The SMILES string of the molecule is c1ccc(-c2nc(-c3cccc4oc5ccccc5c34)nc(-c3c4ccccc4cc4sc5ccccc5c34)n2)cc1. The van der Waals surface area contributed by atoms with Gasteiger partial charge in [-0.3, -0.25) is 0 Å². The fourth-order valence-electron chi connectivity index (χ4n) is 6.07. The summed E-state index contributed by atoms with van der Waals surface area (Å²) in [5.41, 5.74) is 4.56. The van der Waals surface area contributed by atoms with E-state index in [-0.39, 0.29) is 0 Å². The number of rotatable bonds is 3. The second-order valence-electron chi connectivity index (χ2n) is 10.4. The molecule has 9 rings (SSSR count). The Balaban J connectivity index is 1.43. The van der Waals surface area contributed by atoms with E-state index in [1.165, 1.54) is 20.2 Å². The summed E-state index contributed by atoms with van der Waals surface area (Å²) < 4.78 is 8.69. The van der Waals surface area contributed by atoms with Crippen LogP contribution in [0.2, 0.25) is 0 Å². The van der Waals surface area contributed by atoms with Crippen LogP contribution in [-0.2, 0) is 0 Å². The van der Waals surface area contributed by atoms with Crippen LogP contribution < -0.4 is 0 Å². The molecular weight excluding hydrogens is 534 g/mol. The summed E-state index contributed by atoms with van der Waals surface area (Å²) in [5, 5.41) is 6.73. The average Bonchev–Trinajstić information content (AvgIpc) is 3.62. The van der Waals surface area contributed by atoms with Crippen molar-refractivity contribution in [2.75, 3.05) is 0 Å². The van der Waals surface area contributed by atoms with Crippen LogP contribution in [0.25, 0.3) is 87.0 Å². The lowest BCUT2D eigenvalue weighted by Gasteiger charge is -2.12. The zero-order chi connectivity index (χ0) is 27.6. The van der Waals surface area contributed by atoms with Crippen LogP contribution >= 0.6 is 11.3 Å². The van der Waals surface area contributed by atoms with Gasteiger partial charge in [-0.2, -0.15) is 0 Å². The Hall–Kier alpha value is -5.39. The third-order valence-corrected chi connectivity index (χ3v) is 9.04. The fraction of sp³-hybridized carbons (Fsp3) is 0. The van der Waals surface area contributed by atoms with Crippen molar-refractivity contribution in [1.82, 2.24) is 15.0 Å². The molecule has 0 spiro atoms. The molecule has 6 aromatic carbocycles. The van der Waals surface area contributed by atoms with Crippen LogP contribution in [0.1, 0.15) is 0 Å². The predicted molar refractivity (Wildman–Crippen MR) is 174 cm³/mol. The number of hydrogen-bond acceptors (Lipinski definition) is 5. The summed E-state index contributed by atoms with van der Waals surface area (Å²) in [6.45, 7) is 0. The Morgan fingerprint density at radius 2 is 1.17 bits per heavy atom. The Kier molecular flexibility index (Phi) is 5.03. The lowest BCUT2D eigenvalue weighted by atomic mass is 9.98. The minimum atomic E-state index is 0.622. The maximum atomic E-state index is 6.23. The zero-order valence-corrected chi connectivity index (χ0v) is 23.1. The molecular formula is C37H21N3OS. The molecule has 3 heterocycles. The van der Waals surface area contributed by atoms with Crippen molar-refractivity contribution in [3.8, 4) is 34.2 Å². The molecule has 9 aromatic rings. The predicted octanol–water partition coefficient (Wildman–Crippen LogP) is 10.3. The highest BCUT2D eigenvalue weighted by atomic mass is 32.1. The molecule has 0 aliphatic rings. The lowest BCUT2D eigenvalue weighted by molar-refractivity contribution is 0.669. The quantitative estimate of drug-likeness (QED) is 0.218.